The van der Waals surface area contributed by atoms with Crippen LogP contribution in [0.15, 0.2) is 12.7 Å². The highest BCUT2D eigenvalue weighted by molar-refractivity contribution is 5.67. The maximum Gasteiger partial charge on any atom is 0.409 e. The van der Waals surface area contributed by atoms with Crippen molar-refractivity contribution < 1.29 is 14.6 Å². The van der Waals surface area contributed by atoms with E-state index in [1.165, 1.54) is 13.0 Å². The summed E-state index contributed by atoms with van der Waals surface area (Å²) in [4.78, 5) is 10.4. The van der Waals surface area contributed by atoms with Crippen LogP contribution < -0.4 is 5.32 Å². The van der Waals surface area contributed by atoms with Crippen LogP contribution in [0.3, 0.4) is 0 Å². The third-order valence-electron chi connectivity index (χ3n) is 0.653. The van der Waals surface area contributed by atoms with E-state index in [-0.39, 0.29) is 6.61 Å². The van der Waals surface area contributed by atoms with Crippen molar-refractivity contribution in [1.82, 2.24) is 5.32 Å². The zero-order valence-electron chi connectivity index (χ0n) is 5.79. The number of amides is 1. The number of hydrogen-bond donors (Lipinski definition) is 1. The maximum atomic E-state index is 10.4. The molecule has 1 atom stereocenters. The second-order valence-corrected chi connectivity index (χ2v) is 1.67. The number of nitrogens with one attached hydrogen (secondary N) is 1. The van der Waals surface area contributed by atoms with Crippen LogP contribution in [0.5, 0.6) is 0 Å². The second-order valence-electron chi connectivity index (χ2n) is 1.67. The minimum atomic E-state index is -1.13. The summed E-state index contributed by atoms with van der Waals surface area (Å²) < 4.78 is 4.43. The van der Waals surface area contributed by atoms with Crippen LogP contribution in [-0.2, 0) is 9.84 Å². The van der Waals surface area contributed by atoms with Crippen molar-refractivity contribution in [1.29, 1.82) is 0 Å². The van der Waals surface area contributed by atoms with Crippen molar-refractivity contribution in [2.45, 2.75) is 13.2 Å². The molecule has 4 heteroatoms. The molecule has 0 fully saturated rings. The van der Waals surface area contributed by atoms with Gasteiger partial charge in [0.2, 0.25) is 0 Å². The monoisotopic (exact) mass is 144 g/mol. The molecule has 0 aromatic rings. The summed E-state index contributed by atoms with van der Waals surface area (Å²) in [6.07, 6.45) is -0.408. The Morgan fingerprint density at radius 1 is 1.90 bits per heavy atom. The first-order valence-corrected chi connectivity index (χ1v) is 2.87. The highest BCUT2D eigenvalue weighted by Gasteiger charge is 2.03. The third kappa shape index (κ3) is 5.11. The highest BCUT2D eigenvalue weighted by atomic mass is 16.5. The van der Waals surface area contributed by atoms with Crippen molar-refractivity contribution >= 4 is 6.09 Å². The normalized spacial score (nSPS) is 11.8. The Balaban J connectivity index is 3.34. The molecule has 0 heterocycles. The molecule has 0 aliphatic carbocycles. The van der Waals surface area contributed by atoms with E-state index in [0.29, 0.717) is 0 Å². The fourth-order valence-electron chi connectivity index (χ4n) is 0.342. The summed E-state index contributed by atoms with van der Waals surface area (Å²) >= 11 is 0. The highest BCUT2D eigenvalue weighted by Crippen LogP contribution is 1.80. The van der Waals surface area contributed by atoms with Gasteiger partial charge in [-0.25, -0.2) is 9.90 Å². The van der Waals surface area contributed by atoms with Gasteiger partial charge in [-0.05, 0) is 6.92 Å². The van der Waals surface area contributed by atoms with Gasteiger partial charge in [-0.1, -0.05) is 12.7 Å². The SMILES string of the molecule is C=CCOC(=O)NC(C)[O]. The summed E-state index contributed by atoms with van der Waals surface area (Å²) in [6, 6.07) is 0. The number of carbonyl (C=O) groups is 1. The molecule has 1 N–H and O–H groups in total. The van der Waals surface area contributed by atoms with Crippen LogP contribution in [0.1, 0.15) is 6.92 Å². The lowest BCUT2D eigenvalue weighted by Gasteiger charge is -2.04. The molecule has 0 aliphatic heterocycles. The molecule has 0 aromatic carbocycles. The summed E-state index contributed by atoms with van der Waals surface area (Å²) in [5.41, 5.74) is 0. The smallest absolute Gasteiger partial charge is 0.409 e. The second kappa shape index (κ2) is 4.81. The first-order valence-electron chi connectivity index (χ1n) is 2.87. The fourth-order valence-corrected chi connectivity index (χ4v) is 0.342. The Morgan fingerprint density at radius 3 is 2.90 bits per heavy atom. The Labute approximate surface area is 59.5 Å². The number of hydrogen-bond acceptors (Lipinski definition) is 2. The van der Waals surface area contributed by atoms with E-state index >= 15 is 0 Å². The zero-order valence-corrected chi connectivity index (χ0v) is 5.79. The number of rotatable bonds is 3. The molecule has 0 aromatic heterocycles. The molecule has 1 radical (unpaired) electrons. The Hall–Kier alpha value is -1.03. The van der Waals surface area contributed by atoms with Gasteiger partial charge in [0.05, 0.1) is 0 Å². The van der Waals surface area contributed by atoms with Gasteiger partial charge in [0, 0.05) is 0 Å². The quantitative estimate of drug-likeness (QED) is 0.467. The lowest BCUT2D eigenvalue weighted by atomic mass is 10.6. The molecule has 0 spiro atoms. The van der Waals surface area contributed by atoms with Crippen LogP contribution >= 0.6 is 0 Å². The predicted molar refractivity (Wildman–Crippen MR) is 34.8 cm³/mol. The Kier molecular flexibility index (Phi) is 4.32. The molecular weight excluding hydrogens is 134 g/mol. The van der Waals surface area contributed by atoms with Crippen LogP contribution in [0.25, 0.3) is 0 Å². The van der Waals surface area contributed by atoms with Gasteiger partial charge < -0.3 is 4.74 Å². The van der Waals surface area contributed by atoms with Gasteiger partial charge in [0.25, 0.3) is 0 Å². The van der Waals surface area contributed by atoms with Crippen LogP contribution in [0.2, 0.25) is 0 Å². The lowest BCUT2D eigenvalue weighted by Crippen LogP contribution is -2.31. The van der Waals surface area contributed by atoms with E-state index in [4.69, 9.17) is 0 Å². The first kappa shape index (κ1) is 8.97. The molecular formula is C6H10NO3. The Morgan fingerprint density at radius 2 is 2.50 bits per heavy atom. The average molecular weight is 144 g/mol. The minimum absolute atomic E-state index is 0.124. The van der Waals surface area contributed by atoms with Crippen molar-refractivity contribution in [3.8, 4) is 0 Å². The summed E-state index contributed by atoms with van der Waals surface area (Å²) in [5, 5.41) is 12.3. The molecule has 4 nitrogen and oxygen atoms in total. The molecule has 0 saturated heterocycles. The van der Waals surface area contributed by atoms with Crippen LogP contribution in [0.4, 0.5) is 4.79 Å². The predicted octanol–water partition coefficient (Wildman–Crippen LogP) is 0.675. The molecule has 1 unspecified atom stereocenters. The van der Waals surface area contributed by atoms with Gasteiger partial charge in [-0.15, -0.1) is 0 Å². The molecule has 0 bridgehead atoms. The molecule has 0 saturated carbocycles. The minimum Gasteiger partial charge on any atom is -0.445 e. The van der Waals surface area contributed by atoms with Crippen LogP contribution in [0, 0.1) is 0 Å². The lowest BCUT2D eigenvalue weighted by molar-refractivity contribution is 0.0654. The maximum absolute atomic E-state index is 10.4. The average Bonchev–Trinajstić information content (AvgIpc) is 1.82. The molecule has 0 aliphatic rings. The van der Waals surface area contributed by atoms with Gasteiger partial charge in [-0.3, -0.25) is 5.32 Å². The first-order chi connectivity index (χ1) is 4.66. The Bertz CT molecular complexity index is 122. The molecule has 0 rings (SSSR count). The number of carbonyl (C=O) groups excluding carboxylic acids is 1. The van der Waals surface area contributed by atoms with Gasteiger partial charge in [0.15, 0.2) is 6.23 Å². The van der Waals surface area contributed by atoms with Gasteiger partial charge in [-0.2, -0.15) is 0 Å². The van der Waals surface area contributed by atoms with Crippen molar-refractivity contribution in [3.63, 3.8) is 0 Å². The number of ether oxygens (including phenoxy) is 1. The standard InChI is InChI=1S/C6H10NO3/c1-3-4-10-6(9)7-5(2)8/h3,5H,1,4H2,2H3,(H,7,9). The van der Waals surface area contributed by atoms with E-state index < -0.39 is 12.3 Å². The van der Waals surface area contributed by atoms with Crippen molar-refractivity contribution in [2.75, 3.05) is 6.61 Å². The summed E-state index contributed by atoms with van der Waals surface area (Å²) in [5.74, 6) is 0. The number of alkyl carbamates (subject to hydrolysis) is 1. The fraction of sp³-hybridized carbons (Fsp3) is 0.500. The summed E-state index contributed by atoms with van der Waals surface area (Å²) in [6.45, 7) is 4.77. The van der Waals surface area contributed by atoms with E-state index in [0.717, 1.165) is 0 Å². The van der Waals surface area contributed by atoms with Crippen molar-refractivity contribution in [3.05, 3.63) is 12.7 Å². The van der Waals surface area contributed by atoms with E-state index in [1.54, 1.807) is 0 Å². The molecule has 57 valence electrons. The van der Waals surface area contributed by atoms with E-state index in [1.807, 2.05) is 5.32 Å². The largest absolute Gasteiger partial charge is 0.445 e. The third-order valence-corrected chi connectivity index (χ3v) is 0.653. The van der Waals surface area contributed by atoms with Crippen LogP contribution in [-0.4, -0.2) is 18.9 Å². The van der Waals surface area contributed by atoms with Gasteiger partial charge >= 0.3 is 6.09 Å². The van der Waals surface area contributed by atoms with Gasteiger partial charge in [0.1, 0.15) is 6.61 Å². The van der Waals surface area contributed by atoms with E-state index in [2.05, 4.69) is 11.3 Å². The molecule has 10 heavy (non-hydrogen) atoms. The topological polar surface area (TPSA) is 58.2 Å². The zero-order chi connectivity index (χ0) is 7.98. The summed E-state index contributed by atoms with van der Waals surface area (Å²) in [7, 11) is 0. The van der Waals surface area contributed by atoms with Crippen molar-refractivity contribution in [2.24, 2.45) is 0 Å². The molecule has 1 amide bonds. The van der Waals surface area contributed by atoms with E-state index in [9.17, 15) is 9.90 Å².